The van der Waals surface area contributed by atoms with E-state index in [0.29, 0.717) is 12.8 Å². The van der Waals surface area contributed by atoms with Crippen LogP contribution < -0.4 is 0 Å². The van der Waals surface area contributed by atoms with Crippen molar-refractivity contribution < 1.29 is 73.8 Å². The minimum absolute atomic E-state index is 0.164. The third-order valence-corrected chi connectivity index (χ3v) is 7.59. The van der Waals surface area contributed by atoms with E-state index < -0.39 is 92.7 Å². The van der Waals surface area contributed by atoms with Gasteiger partial charge in [0.25, 0.3) is 0 Å². The Morgan fingerprint density at radius 1 is 0.636 bits per heavy atom. The second-order valence-electron chi connectivity index (χ2n) is 11.3. The van der Waals surface area contributed by atoms with Crippen LogP contribution in [0.15, 0.2) is 0 Å². The number of hydrogen-bond donors (Lipinski definition) is 7. The highest BCUT2D eigenvalue weighted by atomic mass is 16.7. The van der Waals surface area contributed by atoms with Gasteiger partial charge in [0, 0.05) is 12.8 Å². The molecule has 44 heavy (non-hydrogen) atoms. The molecule has 2 aliphatic heterocycles. The molecule has 0 saturated carbocycles. The van der Waals surface area contributed by atoms with Crippen LogP contribution in [0, 0.1) is 0 Å². The molecule has 0 aromatic rings. The first-order valence-corrected chi connectivity index (χ1v) is 15.6. The smallest absolute Gasteiger partial charge is 0.306 e. The predicted molar refractivity (Wildman–Crippen MR) is 151 cm³/mol. The van der Waals surface area contributed by atoms with Crippen LogP contribution in [0.5, 0.6) is 0 Å². The van der Waals surface area contributed by atoms with Crippen molar-refractivity contribution in [1.82, 2.24) is 0 Å². The van der Waals surface area contributed by atoms with Crippen molar-refractivity contribution in [3.05, 3.63) is 0 Å². The van der Waals surface area contributed by atoms with Crippen molar-refractivity contribution >= 4 is 11.9 Å². The zero-order valence-electron chi connectivity index (χ0n) is 25.6. The van der Waals surface area contributed by atoms with E-state index in [1.807, 2.05) is 6.92 Å². The Morgan fingerprint density at radius 2 is 1.18 bits per heavy atom. The third kappa shape index (κ3) is 12.4. The monoisotopic (exact) mass is 640 g/mol. The van der Waals surface area contributed by atoms with Gasteiger partial charge in [0.15, 0.2) is 18.7 Å². The summed E-state index contributed by atoms with van der Waals surface area (Å²) in [6.45, 7) is 2.16. The van der Waals surface area contributed by atoms with E-state index in [1.54, 1.807) is 0 Å². The molecule has 0 bridgehead atoms. The van der Waals surface area contributed by atoms with E-state index in [1.165, 1.54) is 0 Å². The maximum atomic E-state index is 12.5. The number of carbonyl (C=O) groups excluding carboxylic acids is 2. The van der Waals surface area contributed by atoms with Crippen molar-refractivity contribution in [2.45, 2.75) is 146 Å². The highest BCUT2D eigenvalue weighted by Crippen LogP contribution is 2.26. The van der Waals surface area contributed by atoms with Crippen LogP contribution in [0.4, 0.5) is 0 Å². The standard InChI is InChI=1S/C29H52O15/c1-3-5-7-8-9-10-12-21(32)42-17(14-39-20(31)11-6-4-2)15-40-28-27(38)25(36)23(34)19(44-28)16-41-29-26(37)24(35)22(33)18(13-30)43-29/h17-19,22-30,33-38H,3-16H2,1-2H3/t17-,18-,19-,22+,23+,24+,25+,26-,27-,28-,29+/m1/s1. The number of aliphatic hydroxyl groups excluding tert-OH is 7. The molecule has 0 radical (unpaired) electrons. The third-order valence-electron chi connectivity index (χ3n) is 7.59. The summed E-state index contributed by atoms with van der Waals surface area (Å²) < 4.78 is 32.6. The zero-order valence-corrected chi connectivity index (χ0v) is 25.6. The predicted octanol–water partition coefficient (Wildman–Crippen LogP) is -0.977. The van der Waals surface area contributed by atoms with Gasteiger partial charge in [-0.1, -0.05) is 52.4 Å². The van der Waals surface area contributed by atoms with Gasteiger partial charge in [-0.3, -0.25) is 9.59 Å². The molecular weight excluding hydrogens is 588 g/mol. The lowest BCUT2D eigenvalue weighted by Crippen LogP contribution is -2.61. The molecule has 0 aromatic carbocycles. The van der Waals surface area contributed by atoms with Crippen LogP contribution in [0.3, 0.4) is 0 Å². The maximum Gasteiger partial charge on any atom is 0.306 e. The fourth-order valence-electron chi connectivity index (χ4n) is 4.78. The van der Waals surface area contributed by atoms with E-state index in [4.69, 9.17) is 28.4 Å². The summed E-state index contributed by atoms with van der Waals surface area (Å²) >= 11 is 0. The number of aliphatic hydroxyl groups is 7. The molecular formula is C29H52O15. The summed E-state index contributed by atoms with van der Waals surface area (Å²) in [4.78, 5) is 24.6. The molecule has 15 nitrogen and oxygen atoms in total. The first-order chi connectivity index (χ1) is 21.0. The molecule has 0 spiro atoms. The maximum absolute atomic E-state index is 12.5. The van der Waals surface area contributed by atoms with Gasteiger partial charge in [0.05, 0.1) is 19.8 Å². The van der Waals surface area contributed by atoms with Crippen molar-refractivity contribution in [3.63, 3.8) is 0 Å². The highest BCUT2D eigenvalue weighted by Gasteiger charge is 2.47. The van der Waals surface area contributed by atoms with E-state index in [-0.39, 0.29) is 26.1 Å². The van der Waals surface area contributed by atoms with Gasteiger partial charge in [-0.05, 0) is 12.8 Å². The van der Waals surface area contributed by atoms with Crippen LogP contribution >= 0.6 is 0 Å². The molecule has 15 heteroatoms. The topological polar surface area (TPSA) is 231 Å². The number of carbonyl (C=O) groups is 2. The van der Waals surface area contributed by atoms with Crippen LogP contribution in [0.2, 0.25) is 0 Å². The summed E-state index contributed by atoms with van der Waals surface area (Å²) in [5, 5.41) is 70.8. The molecule has 0 aromatic heterocycles. The quantitative estimate of drug-likeness (QED) is 0.0626. The van der Waals surface area contributed by atoms with Crippen LogP contribution in [-0.2, 0) is 38.0 Å². The fourth-order valence-corrected chi connectivity index (χ4v) is 4.78. The van der Waals surface area contributed by atoms with Crippen molar-refractivity contribution in [2.75, 3.05) is 26.4 Å². The Labute approximate surface area is 258 Å². The Morgan fingerprint density at radius 3 is 1.82 bits per heavy atom. The number of ether oxygens (including phenoxy) is 6. The van der Waals surface area contributed by atoms with Crippen LogP contribution in [0.25, 0.3) is 0 Å². The largest absolute Gasteiger partial charge is 0.462 e. The molecule has 0 aliphatic carbocycles. The number of unbranched alkanes of at least 4 members (excludes halogenated alkanes) is 6. The van der Waals surface area contributed by atoms with Gasteiger partial charge in [-0.25, -0.2) is 0 Å². The molecule has 7 N–H and O–H groups in total. The minimum Gasteiger partial charge on any atom is -0.462 e. The Balaban J connectivity index is 1.96. The van der Waals surface area contributed by atoms with Gasteiger partial charge in [0.2, 0.25) is 0 Å². The molecule has 2 rings (SSSR count). The number of hydrogen-bond acceptors (Lipinski definition) is 15. The molecule has 11 atom stereocenters. The zero-order chi connectivity index (χ0) is 32.6. The highest BCUT2D eigenvalue weighted by molar-refractivity contribution is 5.70. The van der Waals surface area contributed by atoms with Gasteiger partial charge in [-0.2, -0.15) is 0 Å². The van der Waals surface area contributed by atoms with E-state index in [0.717, 1.165) is 38.5 Å². The normalized spacial score (nSPS) is 33.1. The fraction of sp³-hybridized carbons (Fsp3) is 0.931. The lowest BCUT2D eigenvalue weighted by molar-refractivity contribution is -0.332. The number of rotatable bonds is 20. The van der Waals surface area contributed by atoms with Crippen molar-refractivity contribution in [1.29, 1.82) is 0 Å². The Hall–Kier alpha value is -1.50. The van der Waals surface area contributed by atoms with Crippen molar-refractivity contribution in [2.24, 2.45) is 0 Å². The molecule has 0 amide bonds. The summed E-state index contributed by atoms with van der Waals surface area (Å²) in [5.41, 5.74) is 0. The SMILES string of the molecule is CCCCCCCCC(=O)O[C@H](COC(=O)CCCC)CO[C@@H]1O[C@H](CO[C@H]2O[C@H](CO)[C@H](O)[C@H](O)[C@H]2O)[C@H](O)[C@H](O)[C@H]1O. The van der Waals surface area contributed by atoms with Gasteiger partial charge < -0.3 is 64.2 Å². The van der Waals surface area contributed by atoms with Crippen LogP contribution in [-0.4, -0.2) is 142 Å². The lowest BCUT2D eigenvalue weighted by Gasteiger charge is -2.42. The first kappa shape index (κ1) is 38.7. The van der Waals surface area contributed by atoms with Crippen LogP contribution in [0.1, 0.15) is 78.1 Å². The van der Waals surface area contributed by atoms with Gasteiger partial charge in [-0.15, -0.1) is 0 Å². The van der Waals surface area contributed by atoms with Gasteiger partial charge >= 0.3 is 11.9 Å². The molecule has 2 fully saturated rings. The average molecular weight is 641 g/mol. The summed E-state index contributed by atoms with van der Waals surface area (Å²) in [6.07, 6.45) is -9.15. The van der Waals surface area contributed by atoms with Gasteiger partial charge in [0.1, 0.15) is 55.4 Å². The first-order valence-electron chi connectivity index (χ1n) is 15.6. The molecule has 0 unspecified atom stereocenters. The summed E-state index contributed by atoms with van der Waals surface area (Å²) in [5.74, 6) is -0.980. The molecule has 2 saturated heterocycles. The van der Waals surface area contributed by atoms with Crippen molar-refractivity contribution in [3.8, 4) is 0 Å². The second kappa shape index (κ2) is 20.6. The molecule has 2 heterocycles. The summed E-state index contributed by atoms with van der Waals surface area (Å²) in [6, 6.07) is 0. The average Bonchev–Trinajstić information content (AvgIpc) is 3.01. The van der Waals surface area contributed by atoms with E-state index in [2.05, 4.69) is 6.92 Å². The Kier molecular flexibility index (Phi) is 18.1. The molecule has 258 valence electrons. The number of esters is 2. The Bertz CT molecular complexity index is 814. The van der Waals surface area contributed by atoms with E-state index >= 15 is 0 Å². The minimum atomic E-state index is -1.75. The second-order valence-corrected chi connectivity index (χ2v) is 11.3. The molecule has 2 aliphatic rings. The van der Waals surface area contributed by atoms with E-state index in [9.17, 15) is 45.3 Å². The summed E-state index contributed by atoms with van der Waals surface area (Å²) in [7, 11) is 0. The lowest BCUT2D eigenvalue weighted by atomic mass is 9.98.